The summed E-state index contributed by atoms with van der Waals surface area (Å²) in [5.74, 6) is -0.694. The summed E-state index contributed by atoms with van der Waals surface area (Å²) in [4.78, 5) is 14.7. The Morgan fingerprint density at radius 1 is 1.35 bits per heavy atom. The van der Waals surface area contributed by atoms with Crippen LogP contribution in [0.4, 0.5) is 4.39 Å². The van der Waals surface area contributed by atoms with E-state index in [0.717, 1.165) is 13.1 Å². The van der Waals surface area contributed by atoms with Crippen LogP contribution in [0.2, 0.25) is 0 Å². The number of nitrogens with one attached hydrogen (secondary N) is 1. The van der Waals surface area contributed by atoms with Crippen LogP contribution < -0.4 is 5.32 Å². The summed E-state index contributed by atoms with van der Waals surface area (Å²) >= 11 is 4.94. The van der Waals surface area contributed by atoms with Gasteiger partial charge in [0, 0.05) is 11.0 Å². The first-order valence-corrected chi connectivity index (χ1v) is 9.29. The van der Waals surface area contributed by atoms with Gasteiger partial charge in [-0.25, -0.2) is 4.39 Å². The number of likely N-dealkylation sites (N-methyl/N-ethyl adjacent to an activating group) is 1. The van der Waals surface area contributed by atoms with Crippen molar-refractivity contribution in [3.8, 4) is 0 Å². The van der Waals surface area contributed by atoms with Crippen LogP contribution in [-0.4, -0.2) is 30.4 Å². The van der Waals surface area contributed by atoms with Gasteiger partial charge < -0.3 is 5.32 Å². The lowest BCUT2D eigenvalue weighted by Crippen LogP contribution is -2.38. The van der Waals surface area contributed by atoms with Crippen LogP contribution in [0, 0.1) is 5.82 Å². The van der Waals surface area contributed by atoms with Gasteiger partial charge in [-0.1, -0.05) is 13.8 Å². The average molecular weight is 399 g/mol. The highest BCUT2D eigenvalue weighted by molar-refractivity contribution is 9.10. The molecule has 2 rings (SSSR count). The predicted molar refractivity (Wildman–Crippen MR) is 96.4 cm³/mol. The molecule has 1 atom stereocenters. The zero-order valence-corrected chi connectivity index (χ0v) is 15.6. The largest absolute Gasteiger partial charge is 0.350 e. The Kier molecular flexibility index (Phi) is 6.74. The Morgan fingerprint density at radius 3 is 2.70 bits per heavy atom. The molecule has 0 aliphatic rings. The molecule has 0 radical (unpaired) electrons. The first kappa shape index (κ1) is 18.1. The molecule has 124 valence electrons. The molecule has 1 N–H and O–H groups in total. The number of carbonyl (C=O) groups excluding carboxylic acids is 1. The number of halogens is 2. The lowest BCUT2D eigenvalue weighted by molar-refractivity contribution is 0.0934. The van der Waals surface area contributed by atoms with Gasteiger partial charge in [-0.15, -0.1) is 0 Å². The molecule has 0 fully saturated rings. The maximum Gasteiger partial charge on any atom is 0.252 e. The molecule has 6 heteroatoms. The monoisotopic (exact) mass is 398 g/mol. The zero-order valence-electron chi connectivity index (χ0n) is 13.2. The van der Waals surface area contributed by atoms with Crippen LogP contribution in [0.25, 0.3) is 0 Å². The van der Waals surface area contributed by atoms with Crippen molar-refractivity contribution < 1.29 is 9.18 Å². The van der Waals surface area contributed by atoms with E-state index in [1.54, 1.807) is 17.4 Å². The predicted octanol–water partition coefficient (Wildman–Crippen LogP) is 4.46. The highest BCUT2D eigenvalue weighted by Gasteiger charge is 2.20. The molecule has 1 unspecified atom stereocenters. The quantitative estimate of drug-likeness (QED) is 0.746. The van der Waals surface area contributed by atoms with Crippen LogP contribution in [0.15, 0.2) is 39.5 Å². The molecule has 1 amide bonds. The molecule has 2 aromatic rings. The lowest BCUT2D eigenvalue weighted by atomic mass is 10.1. The van der Waals surface area contributed by atoms with Crippen LogP contribution in [0.3, 0.4) is 0 Å². The molecule has 1 aromatic carbocycles. The normalized spacial score (nSPS) is 12.4. The first-order chi connectivity index (χ1) is 11.1. The highest BCUT2D eigenvalue weighted by Crippen LogP contribution is 2.23. The molecular weight excluding hydrogens is 379 g/mol. The summed E-state index contributed by atoms with van der Waals surface area (Å²) in [5.41, 5.74) is 1.51. The summed E-state index contributed by atoms with van der Waals surface area (Å²) in [5, 5.41) is 7.07. The van der Waals surface area contributed by atoms with Gasteiger partial charge >= 0.3 is 0 Å². The lowest BCUT2D eigenvalue weighted by Gasteiger charge is -2.29. The number of thiophene rings is 1. The van der Waals surface area contributed by atoms with E-state index in [1.807, 2.05) is 5.38 Å². The van der Waals surface area contributed by atoms with E-state index < -0.39 is 5.82 Å². The van der Waals surface area contributed by atoms with Crippen molar-refractivity contribution in [2.24, 2.45) is 0 Å². The Labute approximate surface area is 148 Å². The van der Waals surface area contributed by atoms with Crippen molar-refractivity contribution in [1.82, 2.24) is 10.2 Å². The van der Waals surface area contributed by atoms with Gasteiger partial charge in [0.15, 0.2) is 0 Å². The van der Waals surface area contributed by atoms with Gasteiger partial charge in [0.2, 0.25) is 0 Å². The second kappa shape index (κ2) is 8.57. The van der Waals surface area contributed by atoms with Crippen LogP contribution in [0.5, 0.6) is 0 Å². The fraction of sp³-hybridized carbons (Fsp3) is 0.353. The van der Waals surface area contributed by atoms with Crippen LogP contribution >= 0.6 is 27.3 Å². The zero-order chi connectivity index (χ0) is 16.8. The van der Waals surface area contributed by atoms with E-state index in [2.05, 4.69) is 51.4 Å². The average Bonchev–Trinajstić information content (AvgIpc) is 3.07. The third-order valence-electron chi connectivity index (χ3n) is 3.81. The van der Waals surface area contributed by atoms with E-state index >= 15 is 0 Å². The van der Waals surface area contributed by atoms with Gasteiger partial charge in [-0.2, -0.15) is 11.3 Å². The third kappa shape index (κ3) is 4.62. The summed E-state index contributed by atoms with van der Waals surface area (Å²) in [7, 11) is 0. The minimum Gasteiger partial charge on any atom is -0.350 e. The third-order valence-corrected chi connectivity index (χ3v) is 5.20. The molecule has 0 aliphatic heterocycles. The van der Waals surface area contributed by atoms with Gasteiger partial charge in [0.25, 0.3) is 5.91 Å². The maximum absolute atomic E-state index is 13.4. The molecule has 0 spiro atoms. The number of nitrogens with zero attached hydrogens (tertiary/aromatic N) is 1. The molecular formula is C17H20BrFN2OS. The summed E-state index contributed by atoms with van der Waals surface area (Å²) in [6, 6.07) is 6.32. The highest BCUT2D eigenvalue weighted by atomic mass is 79.9. The number of hydrogen-bond acceptors (Lipinski definition) is 3. The minimum absolute atomic E-state index is 0.118. The number of rotatable bonds is 7. The Hall–Kier alpha value is -1.24. The van der Waals surface area contributed by atoms with E-state index in [1.165, 1.54) is 17.7 Å². The minimum atomic E-state index is -0.420. The number of hydrogen-bond donors (Lipinski definition) is 1. The van der Waals surface area contributed by atoms with Gasteiger partial charge in [0.05, 0.1) is 11.6 Å². The van der Waals surface area contributed by atoms with E-state index in [-0.39, 0.29) is 11.9 Å². The van der Waals surface area contributed by atoms with Crippen molar-refractivity contribution in [1.29, 1.82) is 0 Å². The summed E-state index contributed by atoms with van der Waals surface area (Å²) < 4.78 is 13.9. The van der Waals surface area contributed by atoms with Gasteiger partial charge in [-0.3, -0.25) is 9.69 Å². The first-order valence-electron chi connectivity index (χ1n) is 7.56. The Bertz CT molecular complexity index is 644. The Morgan fingerprint density at radius 2 is 2.09 bits per heavy atom. The standard InChI is InChI=1S/C17H20BrFN2OS/c1-3-21(4-2)16(12-7-8-23-11-12)10-20-17(22)14-9-13(19)5-6-15(14)18/h5-9,11,16H,3-4,10H2,1-2H3,(H,20,22). The molecule has 23 heavy (non-hydrogen) atoms. The van der Waals surface area contributed by atoms with Crippen molar-refractivity contribution >= 4 is 33.2 Å². The summed E-state index contributed by atoms with van der Waals surface area (Å²) in [6.07, 6.45) is 0. The molecule has 1 aromatic heterocycles. The van der Waals surface area contributed by atoms with E-state index in [9.17, 15) is 9.18 Å². The number of carbonyl (C=O) groups is 1. The van der Waals surface area contributed by atoms with E-state index in [4.69, 9.17) is 0 Å². The molecule has 0 saturated heterocycles. The Balaban J connectivity index is 2.12. The van der Waals surface area contributed by atoms with Crippen molar-refractivity contribution in [3.05, 3.63) is 56.4 Å². The number of benzene rings is 1. The van der Waals surface area contributed by atoms with Crippen LogP contribution in [-0.2, 0) is 0 Å². The molecule has 3 nitrogen and oxygen atoms in total. The second-order valence-electron chi connectivity index (χ2n) is 5.13. The number of amides is 1. The second-order valence-corrected chi connectivity index (χ2v) is 6.76. The molecule has 0 aliphatic carbocycles. The van der Waals surface area contributed by atoms with Gasteiger partial charge in [-0.05, 0) is 69.6 Å². The smallest absolute Gasteiger partial charge is 0.252 e. The molecule has 0 saturated carbocycles. The van der Waals surface area contributed by atoms with Gasteiger partial charge in [0.1, 0.15) is 5.82 Å². The van der Waals surface area contributed by atoms with Crippen molar-refractivity contribution in [2.45, 2.75) is 19.9 Å². The fourth-order valence-corrected chi connectivity index (χ4v) is 3.68. The van der Waals surface area contributed by atoms with Crippen LogP contribution in [0.1, 0.15) is 35.8 Å². The van der Waals surface area contributed by atoms with Crippen molar-refractivity contribution in [3.63, 3.8) is 0 Å². The summed E-state index contributed by atoms with van der Waals surface area (Å²) in [6.45, 7) is 6.50. The topological polar surface area (TPSA) is 32.3 Å². The van der Waals surface area contributed by atoms with E-state index in [0.29, 0.717) is 16.6 Å². The SMILES string of the molecule is CCN(CC)C(CNC(=O)c1cc(F)ccc1Br)c1ccsc1. The van der Waals surface area contributed by atoms with Crippen molar-refractivity contribution in [2.75, 3.05) is 19.6 Å². The fourth-order valence-electron chi connectivity index (χ4n) is 2.54. The molecule has 0 bridgehead atoms. The molecule has 1 heterocycles. The maximum atomic E-state index is 13.4.